The van der Waals surface area contributed by atoms with Gasteiger partial charge in [-0.1, -0.05) is 54.1 Å². The van der Waals surface area contributed by atoms with Crippen LogP contribution in [0.2, 0.25) is 0 Å². The summed E-state index contributed by atoms with van der Waals surface area (Å²) >= 11 is 3.43. The fourth-order valence-corrected chi connectivity index (χ4v) is 3.42. The minimum atomic E-state index is -0.608. The average Bonchev–Trinajstić information content (AvgIpc) is 3.34. The predicted molar refractivity (Wildman–Crippen MR) is 112 cm³/mol. The number of carbonyl (C=O) groups excluding carboxylic acids is 2. The quantitative estimate of drug-likeness (QED) is 0.616. The van der Waals surface area contributed by atoms with Gasteiger partial charge in [-0.2, -0.15) is 0 Å². The zero-order valence-electron chi connectivity index (χ0n) is 16.1. The molecule has 3 rings (SSSR count). The number of benzene rings is 1. The van der Waals surface area contributed by atoms with Crippen molar-refractivity contribution in [3.8, 4) is 11.3 Å². The fraction of sp³-hybridized carbons (Fsp3) is 0.350. The van der Waals surface area contributed by atoms with E-state index in [4.69, 9.17) is 0 Å². The molecule has 8 heteroatoms. The van der Waals surface area contributed by atoms with Crippen molar-refractivity contribution in [2.24, 2.45) is 5.92 Å². The fourth-order valence-electron chi connectivity index (χ4n) is 3.16. The number of amides is 3. The maximum Gasteiger partial charge on any atom is 0.315 e. The summed E-state index contributed by atoms with van der Waals surface area (Å²) in [5.41, 5.74) is 1.90. The first-order valence-corrected chi connectivity index (χ1v) is 9.96. The third kappa shape index (κ3) is 4.27. The SMILES string of the molecule is CNC(=O)NC(C(=O)N1CC=CC1c1ncc(-c2ccc(Br)cc2)[nH]1)C(C)C. The first kappa shape index (κ1) is 20.1. The molecule has 0 aliphatic carbocycles. The second-order valence-electron chi connectivity index (χ2n) is 7.00. The Balaban J connectivity index is 1.80. The zero-order chi connectivity index (χ0) is 20.3. The number of urea groups is 1. The molecule has 2 aromatic rings. The van der Waals surface area contributed by atoms with Crippen LogP contribution in [0.5, 0.6) is 0 Å². The molecule has 0 saturated heterocycles. The van der Waals surface area contributed by atoms with E-state index in [0.717, 1.165) is 15.7 Å². The summed E-state index contributed by atoms with van der Waals surface area (Å²) in [6.07, 6.45) is 5.68. The minimum absolute atomic E-state index is 0.0408. The lowest BCUT2D eigenvalue weighted by atomic mass is 10.0. The molecule has 0 fully saturated rings. The van der Waals surface area contributed by atoms with Crippen molar-refractivity contribution < 1.29 is 9.59 Å². The summed E-state index contributed by atoms with van der Waals surface area (Å²) in [5, 5.41) is 5.25. The highest BCUT2D eigenvalue weighted by Crippen LogP contribution is 2.28. The Morgan fingerprint density at radius 2 is 2.00 bits per heavy atom. The summed E-state index contributed by atoms with van der Waals surface area (Å²) in [6.45, 7) is 4.31. The van der Waals surface area contributed by atoms with Gasteiger partial charge in [-0.3, -0.25) is 4.79 Å². The van der Waals surface area contributed by atoms with Gasteiger partial charge in [-0.25, -0.2) is 9.78 Å². The van der Waals surface area contributed by atoms with Gasteiger partial charge in [0.05, 0.1) is 11.9 Å². The van der Waals surface area contributed by atoms with Crippen LogP contribution in [-0.4, -0.2) is 46.4 Å². The van der Waals surface area contributed by atoms with Crippen LogP contribution in [0.25, 0.3) is 11.3 Å². The summed E-state index contributed by atoms with van der Waals surface area (Å²) < 4.78 is 1.01. The molecule has 1 aliphatic rings. The number of nitrogens with one attached hydrogen (secondary N) is 3. The van der Waals surface area contributed by atoms with Crippen molar-refractivity contribution >= 4 is 27.9 Å². The van der Waals surface area contributed by atoms with Crippen molar-refractivity contribution in [3.05, 3.63) is 52.9 Å². The van der Waals surface area contributed by atoms with Gasteiger partial charge in [0.15, 0.2) is 0 Å². The highest BCUT2D eigenvalue weighted by Gasteiger charge is 2.34. The van der Waals surface area contributed by atoms with Gasteiger partial charge in [0.1, 0.15) is 17.9 Å². The number of imidazole rings is 1. The molecule has 0 bridgehead atoms. The van der Waals surface area contributed by atoms with Crippen LogP contribution in [0.1, 0.15) is 25.7 Å². The number of hydrogen-bond acceptors (Lipinski definition) is 3. The van der Waals surface area contributed by atoms with E-state index < -0.39 is 6.04 Å². The first-order valence-electron chi connectivity index (χ1n) is 9.17. The number of hydrogen-bond donors (Lipinski definition) is 3. The highest BCUT2D eigenvalue weighted by atomic mass is 79.9. The van der Waals surface area contributed by atoms with Crippen molar-refractivity contribution in [2.75, 3.05) is 13.6 Å². The molecule has 0 spiro atoms. The van der Waals surface area contributed by atoms with Crippen LogP contribution < -0.4 is 10.6 Å². The third-order valence-electron chi connectivity index (χ3n) is 4.72. The van der Waals surface area contributed by atoms with Gasteiger partial charge in [-0.05, 0) is 23.6 Å². The Bertz CT molecular complexity index is 875. The summed E-state index contributed by atoms with van der Waals surface area (Å²) in [5.74, 6) is 0.527. The molecular formula is C20H24BrN5O2. The predicted octanol–water partition coefficient (Wildman–Crippen LogP) is 3.23. The van der Waals surface area contributed by atoms with E-state index in [1.54, 1.807) is 11.1 Å². The Kier molecular flexibility index (Phi) is 6.18. The molecule has 28 heavy (non-hydrogen) atoms. The molecule has 148 valence electrons. The van der Waals surface area contributed by atoms with E-state index in [0.29, 0.717) is 12.4 Å². The van der Waals surface area contributed by atoms with Gasteiger partial charge in [0.25, 0.3) is 0 Å². The van der Waals surface area contributed by atoms with Crippen LogP contribution in [0, 0.1) is 5.92 Å². The molecule has 0 radical (unpaired) electrons. The third-order valence-corrected chi connectivity index (χ3v) is 5.25. The Hall–Kier alpha value is -2.61. The van der Waals surface area contributed by atoms with Gasteiger partial charge in [-0.15, -0.1) is 0 Å². The molecule has 1 aliphatic heterocycles. The van der Waals surface area contributed by atoms with Crippen molar-refractivity contribution in [1.29, 1.82) is 0 Å². The standard InChI is InChI=1S/C20H24BrN5O2/c1-12(2)17(25-20(28)22-3)19(27)26-10-4-5-16(26)18-23-11-15(24-18)13-6-8-14(21)9-7-13/h4-9,11-12,16-17H,10H2,1-3H3,(H,23,24)(H2,22,25,28). The Labute approximate surface area is 172 Å². The van der Waals surface area contributed by atoms with Crippen molar-refractivity contribution in [2.45, 2.75) is 25.9 Å². The molecule has 2 atom stereocenters. The Morgan fingerprint density at radius 1 is 1.29 bits per heavy atom. The summed E-state index contributed by atoms with van der Waals surface area (Å²) in [6, 6.07) is 6.67. The van der Waals surface area contributed by atoms with Crippen LogP contribution in [0.15, 0.2) is 47.1 Å². The van der Waals surface area contributed by atoms with Crippen molar-refractivity contribution in [1.82, 2.24) is 25.5 Å². The molecule has 2 unspecified atom stereocenters. The maximum atomic E-state index is 13.1. The van der Waals surface area contributed by atoms with Gasteiger partial charge >= 0.3 is 6.03 Å². The molecule has 3 amide bonds. The number of H-pyrrole nitrogens is 1. The minimum Gasteiger partial charge on any atom is -0.341 e. The topological polar surface area (TPSA) is 90.1 Å². The molecule has 1 aromatic carbocycles. The first-order chi connectivity index (χ1) is 13.4. The van der Waals surface area contributed by atoms with Gasteiger partial charge < -0.3 is 20.5 Å². The van der Waals surface area contributed by atoms with Crippen molar-refractivity contribution in [3.63, 3.8) is 0 Å². The second-order valence-corrected chi connectivity index (χ2v) is 7.91. The van der Waals surface area contributed by atoms with Crippen LogP contribution in [0.4, 0.5) is 4.79 Å². The largest absolute Gasteiger partial charge is 0.341 e. The summed E-state index contributed by atoms with van der Waals surface area (Å²) in [4.78, 5) is 34.4. The number of rotatable bonds is 5. The number of carbonyl (C=O) groups is 2. The van der Waals surface area contributed by atoms with Gasteiger partial charge in [0.2, 0.25) is 5.91 Å². The smallest absolute Gasteiger partial charge is 0.315 e. The lowest BCUT2D eigenvalue weighted by Crippen LogP contribution is -2.53. The van der Waals surface area contributed by atoms with E-state index in [1.165, 1.54) is 7.05 Å². The Morgan fingerprint density at radius 3 is 2.64 bits per heavy atom. The zero-order valence-corrected chi connectivity index (χ0v) is 17.7. The number of nitrogens with zero attached hydrogens (tertiary/aromatic N) is 2. The molecular weight excluding hydrogens is 422 g/mol. The molecule has 3 N–H and O–H groups in total. The second kappa shape index (κ2) is 8.60. The van der Waals surface area contributed by atoms with Crippen LogP contribution >= 0.6 is 15.9 Å². The van der Waals surface area contributed by atoms with E-state index in [1.807, 2.05) is 50.3 Å². The number of aromatic nitrogens is 2. The molecule has 0 saturated carbocycles. The summed E-state index contributed by atoms with van der Waals surface area (Å²) in [7, 11) is 1.53. The monoisotopic (exact) mass is 445 g/mol. The average molecular weight is 446 g/mol. The number of aromatic amines is 1. The molecule has 7 nitrogen and oxygen atoms in total. The normalized spacial score (nSPS) is 17.0. The van der Waals surface area contributed by atoms with E-state index >= 15 is 0 Å². The molecule has 1 aromatic heterocycles. The lowest BCUT2D eigenvalue weighted by Gasteiger charge is -2.30. The van der Waals surface area contributed by atoms with E-state index in [9.17, 15) is 9.59 Å². The van der Waals surface area contributed by atoms with Crippen LogP contribution in [-0.2, 0) is 4.79 Å². The molecule has 2 heterocycles. The number of halogens is 1. The van der Waals surface area contributed by atoms with Gasteiger partial charge in [0, 0.05) is 18.1 Å². The maximum absolute atomic E-state index is 13.1. The highest BCUT2D eigenvalue weighted by molar-refractivity contribution is 9.10. The lowest BCUT2D eigenvalue weighted by molar-refractivity contribution is -0.134. The van der Waals surface area contributed by atoms with E-state index in [2.05, 4.69) is 36.5 Å². The van der Waals surface area contributed by atoms with E-state index in [-0.39, 0.29) is 23.9 Å². The van der Waals surface area contributed by atoms with Crippen LogP contribution in [0.3, 0.4) is 0 Å².